The van der Waals surface area contributed by atoms with E-state index in [1.54, 1.807) is 0 Å². The zero-order chi connectivity index (χ0) is 13.5. The van der Waals surface area contributed by atoms with Gasteiger partial charge in [-0.15, -0.1) is 0 Å². The molecule has 0 aromatic heterocycles. The van der Waals surface area contributed by atoms with E-state index in [2.05, 4.69) is 64.3 Å². The van der Waals surface area contributed by atoms with Crippen LogP contribution in [-0.2, 0) is 6.54 Å². The van der Waals surface area contributed by atoms with Gasteiger partial charge in [0, 0.05) is 37.2 Å². The predicted molar refractivity (Wildman–Crippen MR) is 83.1 cm³/mol. The summed E-state index contributed by atoms with van der Waals surface area (Å²) < 4.78 is 1.18. The normalized spacial score (nSPS) is 35.3. The highest BCUT2D eigenvalue weighted by Crippen LogP contribution is 2.42. The molecule has 0 spiro atoms. The van der Waals surface area contributed by atoms with Crippen LogP contribution < -0.4 is 5.32 Å². The van der Waals surface area contributed by atoms with Gasteiger partial charge in [0.25, 0.3) is 0 Å². The van der Waals surface area contributed by atoms with Crippen LogP contribution in [0.15, 0.2) is 28.7 Å². The Labute approximate surface area is 124 Å². The van der Waals surface area contributed by atoms with Gasteiger partial charge in [-0.25, -0.2) is 0 Å². The number of piperidine rings is 2. The van der Waals surface area contributed by atoms with E-state index in [1.807, 2.05) is 0 Å². The molecule has 0 unspecified atom stereocenters. The van der Waals surface area contributed by atoms with Crippen LogP contribution in [0.3, 0.4) is 0 Å². The molecule has 0 radical (unpaired) electrons. The summed E-state index contributed by atoms with van der Waals surface area (Å²) in [6.07, 6.45) is 1.36. The van der Waals surface area contributed by atoms with Crippen LogP contribution in [0.2, 0.25) is 0 Å². The summed E-state index contributed by atoms with van der Waals surface area (Å²) in [6, 6.07) is 8.71. The van der Waals surface area contributed by atoms with Crippen molar-refractivity contribution >= 4 is 15.9 Å². The van der Waals surface area contributed by atoms with E-state index in [0.717, 1.165) is 19.6 Å². The molecule has 2 aliphatic heterocycles. The molecule has 2 atom stereocenters. The standard InChI is InChI=1S/C16H23BrN2/c1-15-8-16(2,10-18-9-15)12-19(11-15)7-13-4-3-5-14(17)6-13/h3-6,18H,7-12H2,1-2H3/t15-,16-/m1/s1. The van der Waals surface area contributed by atoms with Gasteiger partial charge >= 0.3 is 0 Å². The lowest BCUT2D eigenvalue weighted by molar-refractivity contribution is -0.0237. The van der Waals surface area contributed by atoms with Crippen LogP contribution in [0.4, 0.5) is 0 Å². The Kier molecular flexibility index (Phi) is 3.48. The van der Waals surface area contributed by atoms with Gasteiger partial charge in [0.2, 0.25) is 0 Å². The number of hydrogen-bond donors (Lipinski definition) is 1. The molecule has 2 nitrogen and oxygen atoms in total. The Hall–Kier alpha value is -0.380. The molecule has 0 saturated carbocycles. The molecule has 3 rings (SSSR count). The highest BCUT2D eigenvalue weighted by atomic mass is 79.9. The molecule has 2 fully saturated rings. The highest BCUT2D eigenvalue weighted by molar-refractivity contribution is 9.10. The van der Waals surface area contributed by atoms with Crippen molar-refractivity contribution in [1.82, 2.24) is 10.2 Å². The monoisotopic (exact) mass is 322 g/mol. The lowest BCUT2D eigenvalue weighted by atomic mass is 9.66. The maximum absolute atomic E-state index is 3.63. The van der Waals surface area contributed by atoms with Gasteiger partial charge in [-0.3, -0.25) is 4.90 Å². The molecule has 19 heavy (non-hydrogen) atoms. The fourth-order valence-electron chi connectivity index (χ4n) is 4.19. The summed E-state index contributed by atoms with van der Waals surface area (Å²) in [5, 5.41) is 3.63. The molecule has 0 amide bonds. The van der Waals surface area contributed by atoms with Crippen molar-refractivity contribution in [1.29, 1.82) is 0 Å². The van der Waals surface area contributed by atoms with Crippen molar-refractivity contribution in [2.24, 2.45) is 10.8 Å². The first-order chi connectivity index (χ1) is 8.96. The van der Waals surface area contributed by atoms with Gasteiger partial charge in [0.1, 0.15) is 0 Å². The summed E-state index contributed by atoms with van der Waals surface area (Å²) in [4.78, 5) is 2.64. The van der Waals surface area contributed by atoms with E-state index in [4.69, 9.17) is 0 Å². The molecule has 1 aromatic carbocycles. The van der Waals surface area contributed by atoms with Gasteiger partial charge in [-0.2, -0.15) is 0 Å². The van der Waals surface area contributed by atoms with Crippen LogP contribution in [0.25, 0.3) is 0 Å². The van der Waals surface area contributed by atoms with Gasteiger partial charge in [-0.1, -0.05) is 41.9 Å². The minimum atomic E-state index is 0.442. The third kappa shape index (κ3) is 3.04. The zero-order valence-electron chi connectivity index (χ0n) is 11.9. The van der Waals surface area contributed by atoms with E-state index >= 15 is 0 Å². The van der Waals surface area contributed by atoms with Crippen LogP contribution in [0.5, 0.6) is 0 Å². The third-order valence-corrected chi connectivity index (χ3v) is 4.96. The van der Waals surface area contributed by atoms with Gasteiger partial charge in [0.05, 0.1) is 0 Å². The van der Waals surface area contributed by atoms with Crippen molar-refractivity contribution in [3.8, 4) is 0 Å². The smallest absolute Gasteiger partial charge is 0.0234 e. The third-order valence-electron chi connectivity index (χ3n) is 4.46. The van der Waals surface area contributed by atoms with E-state index in [1.165, 1.54) is 29.5 Å². The maximum atomic E-state index is 3.63. The van der Waals surface area contributed by atoms with Crippen LogP contribution >= 0.6 is 15.9 Å². The molecular weight excluding hydrogens is 300 g/mol. The fourth-order valence-corrected chi connectivity index (χ4v) is 4.63. The minimum absolute atomic E-state index is 0.442. The second-order valence-electron chi connectivity index (χ2n) is 7.18. The number of benzene rings is 1. The molecule has 2 heterocycles. The quantitative estimate of drug-likeness (QED) is 0.899. The van der Waals surface area contributed by atoms with Crippen molar-refractivity contribution in [3.05, 3.63) is 34.3 Å². The van der Waals surface area contributed by atoms with Crippen LogP contribution in [-0.4, -0.2) is 31.1 Å². The van der Waals surface area contributed by atoms with Crippen molar-refractivity contribution in [3.63, 3.8) is 0 Å². The van der Waals surface area contributed by atoms with E-state index in [0.29, 0.717) is 10.8 Å². The predicted octanol–water partition coefficient (Wildman–Crippen LogP) is 3.27. The number of halogens is 1. The lowest BCUT2D eigenvalue weighted by Crippen LogP contribution is -2.60. The molecule has 2 aliphatic rings. The molecule has 2 bridgehead atoms. The maximum Gasteiger partial charge on any atom is 0.0234 e. The first-order valence-corrected chi connectivity index (χ1v) is 7.93. The topological polar surface area (TPSA) is 15.3 Å². The van der Waals surface area contributed by atoms with Gasteiger partial charge in [-0.05, 0) is 34.9 Å². The summed E-state index contributed by atoms with van der Waals surface area (Å²) in [6.45, 7) is 10.7. The molecular formula is C16H23BrN2. The molecule has 1 N–H and O–H groups in total. The van der Waals surface area contributed by atoms with Gasteiger partial charge in [0.15, 0.2) is 0 Å². The Morgan fingerprint density at radius 3 is 2.53 bits per heavy atom. The summed E-state index contributed by atoms with van der Waals surface area (Å²) in [5.41, 5.74) is 2.30. The van der Waals surface area contributed by atoms with E-state index < -0.39 is 0 Å². The Morgan fingerprint density at radius 2 is 1.89 bits per heavy atom. The van der Waals surface area contributed by atoms with Crippen molar-refractivity contribution in [2.45, 2.75) is 26.8 Å². The average Bonchev–Trinajstić information content (AvgIpc) is 2.25. The highest BCUT2D eigenvalue weighted by Gasteiger charge is 2.45. The Morgan fingerprint density at radius 1 is 1.21 bits per heavy atom. The second kappa shape index (κ2) is 4.87. The number of fused-ring (bicyclic) bond motifs is 2. The second-order valence-corrected chi connectivity index (χ2v) is 8.09. The zero-order valence-corrected chi connectivity index (χ0v) is 13.5. The number of nitrogens with one attached hydrogen (secondary N) is 1. The van der Waals surface area contributed by atoms with Crippen molar-refractivity contribution < 1.29 is 0 Å². The van der Waals surface area contributed by atoms with Gasteiger partial charge < -0.3 is 5.32 Å². The number of nitrogens with zero attached hydrogens (tertiary/aromatic N) is 1. The number of hydrogen-bond acceptors (Lipinski definition) is 2. The summed E-state index contributed by atoms with van der Waals surface area (Å²) in [5.74, 6) is 0. The number of rotatable bonds is 2. The largest absolute Gasteiger partial charge is 0.316 e. The minimum Gasteiger partial charge on any atom is -0.316 e. The van der Waals surface area contributed by atoms with Crippen LogP contribution in [0.1, 0.15) is 25.8 Å². The molecule has 0 aliphatic carbocycles. The van der Waals surface area contributed by atoms with Crippen molar-refractivity contribution in [2.75, 3.05) is 26.2 Å². The molecule has 1 aromatic rings. The lowest BCUT2D eigenvalue weighted by Gasteiger charge is -2.54. The van der Waals surface area contributed by atoms with E-state index in [9.17, 15) is 0 Å². The number of likely N-dealkylation sites (tertiary alicyclic amines) is 1. The van der Waals surface area contributed by atoms with Crippen LogP contribution in [0, 0.1) is 10.8 Å². The summed E-state index contributed by atoms with van der Waals surface area (Å²) >= 11 is 3.57. The first-order valence-electron chi connectivity index (χ1n) is 7.14. The molecule has 104 valence electrons. The first kappa shape index (κ1) is 13.6. The fraction of sp³-hybridized carbons (Fsp3) is 0.625. The Bertz CT molecular complexity index is 458. The van der Waals surface area contributed by atoms with E-state index in [-0.39, 0.29) is 0 Å². The molecule has 2 saturated heterocycles. The SMILES string of the molecule is C[C@@]12CNC[C@](C)(CN(Cc3cccc(Br)c3)C1)C2. The molecule has 3 heteroatoms. The Balaban J connectivity index is 1.75. The average molecular weight is 323 g/mol. The summed E-state index contributed by atoms with van der Waals surface area (Å²) in [7, 11) is 0.